The number of carbonyl (C=O) groups is 1. The Hall–Kier alpha value is -2.02. The Labute approximate surface area is 177 Å². The summed E-state index contributed by atoms with van der Waals surface area (Å²) in [5.74, 6) is 1.65. The molecule has 1 fully saturated rings. The number of hydrogen-bond acceptors (Lipinski definition) is 5. The molecule has 0 saturated carbocycles. The molecule has 0 aliphatic carbocycles. The van der Waals surface area contributed by atoms with E-state index in [1.165, 1.54) is 10.5 Å². The van der Waals surface area contributed by atoms with Crippen molar-refractivity contribution in [2.24, 2.45) is 5.92 Å². The molecule has 0 aromatic heterocycles. The molecule has 2 aromatic carbocycles. The molecule has 3 rings (SSSR count). The van der Waals surface area contributed by atoms with Crippen molar-refractivity contribution in [3.8, 4) is 5.75 Å². The summed E-state index contributed by atoms with van der Waals surface area (Å²) in [7, 11) is 1.67. The minimum atomic E-state index is -0.0542. The van der Waals surface area contributed by atoms with Crippen LogP contribution in [0, 0.1) is 5.92 Å². The molecular formula is C23H30N2O3S. The van der Waals surface area contributed by atoms with E-state index in [1.54, 1.807) is 18.9 Å². The second kappa shape index (κ2) is 11.2. The van der Waals surface area contributed by atoms with Gasteiger partial charge in [0.2, 0.25) is 5.91 Å². The van der Waals surface area contributed by atoms with Gasteiger partial charge in [0.15, 0.2) is 0 Å². The molecular weight excluding hydrogens is 384 g/mol. The van der Waals surface area contributed by atoms with E-state index in [1.807, 2.05) is 37.3 Å². The van der Waals surface area contributed by atoms with Crippen molar-refractivity contribution in [1.82, 2.24) is 10.2 Å². The Kier molecular flexibility index (Phi) is 8.40. The first kappa shape index (κ1) is 21.7. The fourth-order valence-corrected chi connectivity index (χ4v) is 4.30. The summed E-state index contributed by atoms with van der Waals surface area (Å²) < 4.78 is 10.8. The lowest BCUT2D eigenvalue weighted by Crippen LogP contribution is -2.44. The average Bonchev–Trinajstić information content (AvgIpc) is 2.79. The Balaban J connectivity index is 1.58. The lowest BCUT2D eigenvalue weighted by Gasteiger charge is -2.35. The fraction of sp³-hybridized carbons (Fsp3) is 0.435. The highest BCUT2D eigenvalue weighted by molar-refractivity contribution is 7.99. The van der Waals surface area contributed by atoms with Gasteiger partial charge in [-0.15, -0.1) is 11.8 Å². The molecule has 0 radical (unpaired) electrons. The molecule has 6 heteroatoms. The van der Waals surface area contributed by atoms with Crippen LogP contribution in [0.1, 0.15) is 18.5 Å². The summed E-state index contributed by atoms with van der Waals surface area (Å²) in [4.78, 5) is 16.3. The third-order valence-electron chi connectivity index (χ3n) is 5.15. The predicted molar refractivity (Wildman–Crippen MR) is 117 cm³/mol. The van der Waals surface area contributed by atoms with Gasteiger partial charge in [-0.05, 0) is 29.8 Å². The van der Waals surface area contributed by atoms with Crippen molar-refractivity contribution in [3.05, 3.63) is 60.2 Å². The van der Waals surface area contributed by atoms with Gasteiger partial charge in [0.25, 0.3) is 0 Å². The monoisotopic (exact) mass is 414 g/mol. The molecule has 156 valence electrons. The number of carbonyl (C=O) groups excluding carboxylic acids is 1. The normalized spacial score (nSPS) is 16.8. The van der Waals surface area contributed by atoms with Crippen LogP contribution in [0.3, 0.4) is 0 Å². The lowest BCUT2D eigenvalue weighted by atomic mass is 10.0. The van der Waals surface area contributed by atoms with Gasteiger partial charge in [-0.1, -0.05) is 37.3 Å². The number of nitrogens with zero attached hydrogens (tertiary/aromatic N) is 1. The fourth-order valence-electron chi connectivity index (χ4n) is 3.36. The maximum absolute atomic E-state index is 12.7. The van der Waals surface area contributed by atoms with Crippen molar-refractivity contribution in [3.63, 3.8) is 0 Å². The zero-order valence-electron chi connectivity index (χ0n) is 17.2. The topological polar surface area (TPSA) is 50.8 Å². The van der Waals surface area contributed by atoms with E-state index in [4.69, 9.17) is 9.47 Å². The quantitative estimate of drug-likeness (QED) is 0.635. The SMILES string of the molecule is COc1ccc(C(CNC(=O)C(C)CSc2ccccc2)N2CCOCC2)cc1. The molecule has 2 unspecified atom stereocenters. The number of rotatable bonds is 9. The summed E-state index contributed by atoms with van der Waals surface area (Å²) in [6, 6.07) is 18.4. The van der Waals surface area contributed by atoms with Crippen molar-refractivity contribution < 1.29 is 14.3 Å². The number of morpholine rings is 1. The molecule has 2 aromatic rings. The van der Waals surface area contributed by atoms with Crippen LogP contribution in [0.4, 0.5) is 0 Å². The maximum atomic E-state index is 12.7. The van der Waals surface area contributed by atoms with Crippen molar-refractivity contribution >= 4 is 17.7 Å². The Morgan fingerprint density at radius 3 is 2.48 bits per heavy atom. The Morgan fingerprint density at radius 1 is 1.14 bits per heavy atom. The maximum Gasteiger partial charge on any atom is 0.223 e. The number of ether oxygens (including phenoxy) is 2. The lowest BCUT2D eigenvalue weighted by molar-refractivity contribution is -0.124. The van der Waals surface area contributed by atoms with Crippen molar-refractivity contribution in [2.45, 2.75) is 17.9 Å². The summed E-state index contributed by atoms with van der Waals surface area (Å²) >= 11 is 1.72. The first-order chi connectivity index (χ1) is 14.2. The third kappa shape index (κ3) is 6.49. The van der Waals surface area contributed by atoms with E-state index in [2.05, 4.69) is 34.5 Å². The molecule has 0 spiro atoms. The molecule has 5 nitrogen and oxygen atoms in total. The first-order valence-electron chi connectivity index (χ1n) is 10.1. The van der Waals surface area contributed by atoms with Gasteiger partial charge in [-0.2, -0.15) is 0 Å². The molecule has 0 bridgehead atoms. The number of benzene rings is 2. The number of thioether (sulfide) groups is 1. The van der Waals surface area contributed by atoms with E-state index in [0.717, 1.165) is 37.8 Å². The zero-order valence-corrected chi connectivity index (χ0v) is 18.0. The number of methoxy groups -OCH3 is 1. The second-order valence-corrected chi connectivity index (χ2v) is 8.30. The van der Waals surface area contributed by atoms with Gasteiger partial charge in [0.1, 0.15) is 5.75 Å². The van der Waals surface area contributed by atoms with Crippen LogP contribution in [-0.4, -0.2) is 56.5 Å². The largest absolute Gasteiger partial charge is 0.497 e. The van der Waals surface area contributed by atoms with E-state index in [9.17, 15) is 4.79 Å². The van der Waals surface area contributed by atoms with Crippen LogP contribution < -0.4 is 10.1 Å². The van der Waals surface area contributed by atoms with Crippen LogP contribution in [0.2, 0.25) is 0 Å². The average molecular weight is 415 g/mol. The summed E-state index contributed by atoms with van der Waals surface area (Å²) in [5, 5.41) is 3.18. The summed E-state index contributed by atoms with van der Waals surface area (Å²) in [6.45, 7) is 5.77. The van der Waals surface area contributed by atoms with Gasteiger partial charge in [0.05, 0.1) is 26.4 Å². The second-order valence-electron chi connectivity index (χ2n) is 7.21. The van der Waals surface area contributed by atoms with Crippen LogP contribution in [0.15, 0.2) is 59.5 Å². The third-order valence-corrected chi connectivity index (χ3v) is 6.42. The van der Waals surface area contributed by atoms with Crippen LogP contribution in [-0.2, 0) is 9.53 Å². The van der Waals surface area contributed by atoms with Crippen molar-refractivity contribution in [2.75, 3.05) is 45.7 Å². The van der Waals surface area contributed by atoms with Gasteiger partial charge < -0.3 is 14.8 Å². The number of amides is 1. The highest BCUT2D eigenvalue weighted by Crippen LogP contribution is 2.24. The van der Waals surface area contributed by atoms with E-state index in [0.29, 0.717) is 6.54 Å². The van der Waals surface area contributed by atoms with Crippen LogP contribution in [0.5, 0.6) is 5.75 Å². The summed E-state index contributed by atoms with van der Waals surface area (Å²) in [5.41, 5.74) is 1.18. The molecule has 1 aliphatic heterocycles. The van der Waals surface area contributed by atoms with E-state index >= 15 is 0 Å². The highest BCUT2D eigenvalue weighted by Gasteiger charge is 2.24. The van der Waals surface area contributed by atoms with Crippen LogP contribution in [0.25, 0.3) is 0 Å². The van der Waals surface area contributed by atoms with Gasteiger partial charge in [-0.3, -0.25) is 9.69 Å². The predicted octanol–water partition coefficient (Wildman–Crippen LogP) is 3.61. The smallest absolute Gasteiger partial charge is 0.223 e. The molecule has 2 atom stereocenters. The molecule has 1 aliphatic rings. The first-order valence-corrected chi connectivity index (χ1v) is 11.1. The van der Waals surface area contributed by atoms with Crippen LogP contribution >= 0.6 is 11.8 Å². The molecule has 1 N–H and O–H groups in total. The zero-order chi connectivity index (χ0) is 20.5. The minimum absolute atomic E-state index is 0.0542. The number of nitrogens with one attached hydrogen (secondary N) is 1. The number of hydrogen-bond donors (Lipinski definition) is 1. The molecule has 1 heterocycles. The highest BCUT2D eigenvalue weighted by atomic mass is 32.2. The van der Waals surface area contributed by atoms with Crippen molar-refractivity contribution in [1.29, 1.82) is 0 Å². The Morgan fingerprint density at radius 2 is 1.83 bits per heavy atom. The molecule has 29 heavy (non-hydrogen) atoms. The van der Waals surface area contributed by atoms with E-state index in [-0.39, 0.29) is 17.9 Å². The summed E-state index contributed by atoms with van der Waals surface area (Å²) in [6.07, 6.45) is 0. The standard InChI is InChI=1S/C23H30N2O3S/c1-18(17-29-21-6-4-3-5-7-21)23(26)24-16-22(25-12-14-28-15-13-25)19-8-10-20(27-2)11-9-19/h3-11,18,22H,12-17H2,1-2H3,(H,24,26). The Bertz CT molecular complexity index is 748. The van der Waals surface area contributed by atoms with Gasteiger partial charge in [-0.25, -0.2) is 0 Å². The molecule has 1 saturated heterocycles. The minimum Gasteiger partial charge on any atom is -0.497 e. The van der Waals surface area contributed by atoms with Gasteiger partial charge >= 0.3 is 0 Å². The molecule has 1 amide bonds. The van der Waals surface area contributed by atoms with E-state index < -0.39 is 0 Å². The van der Waals surface area contributed by atoms with Gasteiger partial charge in [0, 0.05) is 36.2 Å².